The number of rotatable bonds is 7. The zero-order chi connectivity index (χ0) is 17.5. The lowest BCUT2D eigenvalue weighted by atomic mass is 10.2. The highest BCUT2D eigenvalue weighted by atomic mass is 16.5. The third-order valence-electron chi connectivity index (χ3n) is 3.47. The maximum absolute atomic E-state index is 12.2. The molecular formula is C19H23NO4. The van der Waals surface area contributed by atoms with Crippen molar-refractivity contribution in [2.45, 2.75) is 20.4 Å². The number of hydrogen-bond acceptors (Lipinski definition) is 4. The smallest absolute Gasteiger partial charge is 0.246 e. The number of furan rings is 1. The molecule has 1 heterocycles. The Kier molecular flexibility index (Phi) is 6.07. The van der Waals surface area contributed by atoms with Gasteiger partial charge in [0, 0.05) is 13.1 Å². The SMILES string of the molecule is CCOc1cc(/C=C/C(=O)N(C)Cc2ccc(C)o2)ccc1OC. The largest absolute Gasteiger partial charge is 0.493 e. The summed E-state index contributed by atoms with van der Waals surface area (Å²) >= 11 is 0. The molecule has 0 fully saturated rings. The number of amides is 1. The monoisotopic (exact) mass is 329 g/mol. The number of nitrogens with zero attached hydrogens (tertiary/aromatic N) is 1. The van der Waals surface area contributed by atoms with Crippen molar-refractivity contribution in [1.82, 2.24) is 4.90 Å². The van der Waals surface area contributed by atoms with Gasteiger partial charge >= 0.3 is 0 Å². The van der Waals surface area contributed by atoms with Crippen LogP contribution in [0.2, 0.25) is 0 Å². The van der Waals surface area contributed by atoms with Crippen LogP contribution in [0.1, 0.15) is 24.0 Å². The van der Waals surface area contributed by atoms with E-state index in [1.54, 1.807) is 25.1 Å². The summed E-state index contributed by atoms with van der Waals surface area (Å²) in [6.45, 7) is 4.78. The van der Waals surface area contributed by atoms with Crippen LogP contribution in [0, 0.1) is 6.92 Å². The van der Waals surface area contributed by atoms with Gasteiger partial charge in [-0.15, -0.1) is 0 Å². The minimum atomic E-state index is -0.0992. The van der Waals surface area contributed by atoms with Gasteiger partial charge in [0.1, 0.15) is 11.5 Å². The zero-order valence-electron chi connectivity index (χ0n) is 14.5. The van der Waals surface area contributed by atoms with Gasteiger partial charge in [0.25, 0.3) is 0 Å². The second-order valence-corrected chi connectivity index (χ2v) is 5.38. The van der Waals surface area contributed by atoms with Crippen molar-refractivity contribution in [2.75, 3.05) is 20.8 Å². The molecule has 0 saturated heterocycles. The lowest BCUT2D eigenvalue weighted by molar-refractivity contribution is -0.125. The van der Waals surface area contributed by atoms with Gasteiger partial charge in [0.2, 0.25) is 5.91 Å². The van der Waals surface area contributed by atoms with E-state index in [0.717, 1.165) is 17.1 Å². The Morgan fingerprint density at radius 2 is 2.04 bits per heavy atom. The molecule has 1 aromatic heterocycles. The quantitative estimate of drug-likeness (QED) is 0.727. The first-order valence-corrected chi connectivity index (χ1v) is 7.82. The normalized spacial score (nSPS) is 10.8. The molecule has 1 aromatic carbocycles. The van der Waals surface area contributed by atoms with Crippen LogP contribution in [0.4, 0.5) is 0 Å². The molecule has 0 N–H and O–H groups in total. The Morgan fingerprint density at radius 3 is 2.67 bits per heavy atom. The fraction of sp³-hybridized carbons (Fsp3) is 0.316. The molecule has 5 nitrogen and oxygen atoms in total. The minimum Gasteiger partial charge on any atom is -0.493 e. The number of likely N-dealkylation sites (N-methyl/N-ethyl adjacent to an activating group) is 1. The number of carbonyl (C=O) groups is 1. The Balaban J connectivity index is 2.03. The minimum absolute atomic E-state index is 0.0992. The third-order valence-corrected chi connectivity index (χ3v) is 3.47. The van der Waals surface area contributed by atoms with Gasteiger partial charge in [0.15, 0.2) is 11.5 Å². The molecule has 0 saturated carbocycles. The number of aryl methyl sites for hydroxylation is 1. The van der Waals surface area contributed by atoms with Gasteiger partial charge in [-0.3, -0.25) is 4.79 Å². The predicted octanol–water partition coefficient (Wildman–Crippen LogP) is 3.67. The van der Waals surface area contributed by atoms with Crippen molar-refractivity contribution in [1.29, 1.82) is 0 Å². The van der Waals surface area contributed by atoms with E-state index in [1.165, 1.54) is 6.08 Å². The summed E-state index contributed by atoms with van der Waals surface area (Å²) in [7, 11) is 3.34. The second-order valence-electron chi connectivity index (χ2n) is 5.38. The molecule has 0 aliphatic heterocycles. The van der Waals surface area contributed by atoms with E-state index < -0.39 is 0 Å². The van der Waals surface area contributed by atoms with Gasteiger partial charge in [-0.25, -0.2) is 0 Å². The first kappa shape index (κ1) is 17.7. The first-order chi connectivity index (χ1) is 11.5. The van der Waals surface area contributed by atoms with E-state index in [0.29, 0.717) is 24.7 Å². The van der Waals surface area contributed by atoms with Crippen molar-refractivity contribution in [3.05, 3.63) is 53.5 Å². The van der Waals surface area contributed by atoms with E-state index in [1.807, 2.05) is 44.2 Å². The van der Waals surface area contributed by atoms with Gasteiger partial charge < -0.3 is 18.8 Å². The lowest BCUT2D eigenvalue weighted by Gasteiger charge is -2.13. The van der Waals surface area contributed by atoms with Gasteiger partial charge in [0.05, 0.1) is 20.3 Å². The van der Waals surface area contributed by atoms with Crippen LogP contribution < -0.4 is 9.47 Å². The van der Waals surface area contributed by atoms with Crippen LogP contribution >= 0.6 is 0 Å². The van der Waals surface area contributed by atoms with E-state index in [2.05, 4.69) is 0 Å². The van der Waals surface area contributed by atoms with Crippen molar-refractivity contribution >= 4 is 12.0 Å². The van der Waals surface area contributed by atoms with Gasteiger partial charge in [-0.2, -0.15) is 0 Å². The Bertz CT molecular complexity index is 718. The number of ether oxygens (including phenoxy) is 2. The average molecular weight is 329 g/mol. The summed E-state index contributed by atoms with van der Waals surface area (Å²) in [4.78, 5) is 13.8. The Labute approximate surface area is 142 Å². The summed E-state index contributed by atoms with van der Waals surface area (Å²) in [6.07, 6.45) is 3.29. The molecule has 0 bridgehead atoms. The standard InChI is InChI=1S/C19H23NO4/c1-5-23-18-12-15(7-10-17(18)22-4)8-11-19(21)20(3)13-16-9-6-14(2)24-16/h6-12H,5,13H2,1-4H3/b11-8+. The summed E-state index contributed by atoms with van der Waals surface area (Å²) in [5.74, 6) is 2.83. The molecule has 0 aliphatic rings. The van der Waals surface area contributed by atoms with Crippen LogP contribution in [0.5, 0.6) is 11.5 Å². The van der Waals surface area contributed by atoms with Crippen LogP contribution in [-0.2, 0) is 11.3 Å². The highest BCUT2D eigenvalue weighted by Gasteiger charge is 2.09. The Hall–Kier alpha value is -2.69. The zero-order valence-corrected chi connectivity index (χ0v) is 14.5. The van der Waals surface area contributed by atoms with Crippen LogP contribution in [-0.4, -0.2) is 31.6 Å². The van der Waals surface area contributed by atoms with Crippen LogP contribution in [0.3, 0.4) is 0 Å². The summed E-state index contributed by atoms with van der Waals surface area (Å²) in [5.41, 5.74) is 0.870. The molecule has 128 valence electrons. The third kappa shape index (κ3) is 4.65. The molecular weight excluding hydrogens is 306 g/mol. The maximum Gasteiger partial charge on any atom is 0.246 e. The van der Waals surface area contributed by atoms with Crippen LogP contribution in [0.25, 0.3) is 6.08 Å². The molecule has 24 heavy (non-hydrogen) atoms. The van der Waals surface area contributed by atoms with E-state index >= 15 is 0 Å². The first-order valence-electron chi connectivity index (χ1n) is 7.82. The summed E-state index contributed by atoms with van der Waals surface area (Å²) in [6, 6.07) is 9.31. The van der Waals surface area contributed by atoms with Crippen molar-refractivity contribution in [2.24, 2.45) is 0 Å². The molecule has 0 unspecified atom stereocenters. The maximum atomic E-state index is 12.2. The molecule has 0 radical (unpaired) electrons. The fourth-order valence-electron chi connectivity index (χ4n) is 2.24. The van der Waals surface area contributed by atoms with Gasteiger partial charge in [-0.1, -0.05) is 6.07 Å². The van der Waals surface area contributed by atoms with Crippen molar-refractivity contribution in [3.8, 4) is 11.5 Å². The average Bonchev–Trinajstić information content (AvgIpc) is 2.98. The molecule has 2 aromatic rings. The number of carbonyl (C=O) groups excluding carboxylic acids is 1. The fourth-order valence-corrected chi connectivity index (χ4v) is 2.24. The van der Waals surface area contributed by atoms with Crippen LogP contribution in [0.15, 0.2) is 40.8 Å². The van der Waals surface area contributed by atoms with E-state index in [9.17, 15) is 4.79 Å². The number of methoxy groups -OCH3 is 1. The van der Waals surface area contributed by atoms with Gasteiger partial charge in [-0.05, 0) is 49.8 Å². The lowest BCUT2D eigenvalue weighted by Crippen LogP contribution is -2.23. The molecule has 0 atom stereocenters. The summed E-state index contributed by atoms with van der Waals surface area (Å²) < 4.78 is 16.3. The Morgan fingerprint density at radius 1 is 1.25 bits per heavy atom. The molecule has 2 rings (SSSR count). The highest BCUT2D eigenvalue weighted by Crippen LogP contribution is 2.28. The molecule has 5 heteroatoms. The van der Waals surface area contributed by atoms with Crippen molar-refractivity contribution in [3.63, 3.8) is 0 Å². The second kappa shape index (κ2) is 8.24. The molecule has 0 spiro atoms. The topological polar surface area (TPSA) is 51.9 Å². The van der Waals surface area contributed by atoms with Crippen molar-refractivity contribution < 1.29 is 18.7 Å². The molecule has 0 aliphatic carbocycles. The van der Waals surface area contributed by atoms with E-state index in [4.69, 9.17) is 13.9 Å². The van der Waals surface area contributed by atoms with E-state index in [-0.39, 0.29) is 5.91 Å². The number of benzene rings is 1. The molecule has 1 amide bonds. The predicted molar refractivity (Wildman–Crippen MR) is 93.1 cm³/mol. The summed E-state index contributed by atoms with van der Waals surface area (Å²) in [5, 5.41) is 0. The highest BCUT2D eigenvalue weighted by molar-refractivity contribution is 5.91. The number of hydrogen-bond donors (Lipinski definition) is 0.